The van der Waals surface area contributed by atoms with Crippen LogP contribution in [0.25, 0.3) is 0 Å². The van der Waals surface area contributed by atoms with Crippen LogP contribution in [0.1, 0.15) is 0 Å². The molecule has 0 atom stereocenters. The summed E-state index contributed by atoms with van der Waals surface area (Å²) in [4.78, 5) is 6.63. The van der Waals surface area contributed by atoms with Gasteiger partial charge in [-0.1, -0.05) is 0 Å². The molecule has 4 N–H and O–H groups in total. The van der Waals surface area contributed by atoms with Gasteiger partial charge in [0.1, 0.15) is 0 Å². The van der Waals surface area contributed by atoms with Crippen LogP contribution in [0.4, 0.5) is 0 Å². The van der Waals surface area contributed by atoms with Crippen molar-refractivity contribution in [1.82, 2.24) is 21.7 Å². The Morgan fingerprint density at radius 3 is 1.42 bits per heavy atom. The van der Waals surface area contributed by atoms with Gasteiger partial charge in [-0.15, -0.1) is 9.98 Å². The number of rotatable bonds is 0. The van der Waals surface area contributed by atoms with E-state index in [-0.39, 0.29) is 11.9 Å². The minimum atomic E-state index is 0.203. The molecule has 0 bridgehead atoms. The molecule has 1 aliphatic rings. The van der Waals surface area contributed by atoms with Crippen molar-refractivity contribution in [3.8, 4) is 12.4 Å². The predicted octanol–water partition coefficient (Wildman–Crippen LogP) is -2.14. The summed E-state index contributed by atoms with van der Waals surface area (Å²) in [6, 6.07) is 0. The lowest BCUT2D eigenvalue weighted by Gasteiger charge is -2.20. The summed E-state index contributed by atoms with van der Waals surface area (Å²) in [7, 11) is 0. The molecule has 0 amide bonds. The quantitative estimate of drug-likeness (QED) is 0.303. The smallest absolute Gasteiger partial charge is 0.245 e. The molecular formula is C4H4N8. The molecule has 0 spiro atoms. The molecule has 1 heterocycles. The van der Waals surface area contributed by atoms with E-state index in [9.17, 15) is 0 Å². The normalized spacial score (nSPS) is 13.5. The van der Waals surface area contributed by atoms with Crippen molar-refractivity contribution in [3.63, 3.8) is 0 Å². The molecule has 8 heteroatoms. The van der Waals surface area contributed by atoms with E-state index in [0.29, 0.717) is 0 Å². The lowest BCUT2D eigenvalue weighted by molar-refractivity contribution is 0.672. The summed E-state index contributed by atoms with van der Waals surface area (Å²) in [5.74, 6) is 0.406. The summed E-state index contributed by atoms with van der Waals surface area (Å²) < 4.78 is 0. The average Bonchev–Trinajstić information content (AvgIpc) is 2.09. The first kappa shape index (κ1) is 7.63. The summed E-state index contributed by atoms with van der Waals surface area (Å²) in [5.41, 5.74) is 9.91. The van der Waals surface area contributed by atoms with Crippen molar-refractivity contribution < 1.29 is 0 Å². The zero-order chi connectivity index (χ0) is 8.81. The number of nitrogens with one attached hydrogen (secondary N) is 4. The van der Waals surface area contributed by atoms with E-state index in [1.54, 1.807) is 12.4 Å². The number of nitrogens with zero attached hydrogens (tertiary/aromatic N) is 4. The van der Waals surface area contributed by atoms with Crippen LogP contribution in [0.2, 0.25) is 0 Å². The maximum Gasteiger partial charge on any atom is 0.245 e. The summed E-state index contributed by atoms with van der Waals surface area (Å²) in [6.07, 6.45) is 3.12. The Balaban J connectivity index is 2.53. The lowest BCUT2D eigenvalue weighted by atomic mass is 10.9. The standard InChI is InChI=1S/C4H4N8/c5-1-7-3-9-11-4(8-2-6)12-10-3/h(H2,7,9,10)(H2,8,11,12). The first-order valence-corrected chi connectivity index (χ1v) is 2.84. The number of nitriles is 2. The zero-order valence-corrected chi connectivity index (χ0v) is 5.79. The first-order chi connectivity index (χ1) is 5.86. The van der Waals surface area contributed by atoms with Crippen LogP contribution in [0, 0.1) is 22.9 Å². The minimum Gasteiger partial charge on any atom is -0.265 e. The van der Waals surface area contributed by atoms with E-state index in [1.165, 1.54) is 0 Å². The molecule has 0 saturated carbocycles. The third kappa shape index (κ3) is 1.75. The molecule has 0 aromatic carbocycles. The Labute approximate surface area is 67.5 Å². The number of aliphatic imine (C=N–C) groups is 2. The van der Waals surface area contributed by atoms with Gasteiger partial charge < -0.3 is 0 Å². The van der Waals surface area contributed by atoms with Crippen LogP contribution in [-0.2, 0) is 0 Å². The Morgan fingerprint density at radius 2 is 1.17 bits per heavy atom. The van der Waals surface area contributed by atoms with Crippen LogP contribution in [0.3, 0.4) is 0 Å². The molecule has 1 saturated heterocycles. The SMILES string of the molecule is N#CN=C1NNC(=NC#N)NN1. The molecule has 0 aliphatic carbocycles. The number of hydrogen-bond acceptors (Lipinski definition) is 4. The maximum absolute atomic E-state index is 8.13. The molecule has 0 unspecified atom stereocenters. The highest BCUT2D eigenvalue weighted by atomic mass is 15.6. The average molecular weight is 164 g/mol. The van der Waals surface area contributed by atoms with Gasteiger partial charge in [0.2, 0.25) is 24.3 Å². The van der Waals surface area contributed by atoms with Gasteiger partial charge in [-0.25, -0.2) is 0 Å². The van der Waals surface area contributed by atoms with E-state index in [0.717, 1.165) is 0 Å². The van der Waals surface area contributed by atoms with Gasteiger partial charge in [-0.2, -0.15) is 10.5 Å². The molecule has 0 aromatic heterocycles. The first-order valence-electron chi connectivity index (χ1n) is 2.84. The Hall–Kier alpha value is -2.48. The fraction of sp³-hybridized carbons (Fsp3) is 0. The topological polar surface area (TPSA) is 120 Å². The molecule has 1 fully saturated rings. The highest BCUT2D eigenvalue weighted by molar-refractivity contribution is 5.91. The lowest BCUT2D eigenvalue weighted by Crippen LogP contribution is -2.64. The second-order valence-corrected chi connectivity index (χ2v) is 1.62. The highest BCUT2D eigenvalue weighted by Crippen LogP contribution is 1.72. The molecule has 12 heavy (non-hydrogen) atoms. The Morgan fingerprint density at radius 1 is 0.833 bits per heavy atom. The van der Waals surface area contributed by atoms with E-state index in [2.05, 4.69) is 31.7 Å². The monoisotopic (exact) mass is 164 g/mol. The third-order valence-electron chi connectivity index (χ3n) is 0.922. The Kier molecular flexibility index (Phi) is 2.31. The molecule has 0 radical (unpaired) electrons. The fourth-order valence-electron chi connectivity index (χ4n) is 0.511. The molecule has 1 aliphatic heterocycles. The molecule has 1 rings (SSSR count). The van der Waals surface area contributed by atoms with Crippen molar-refractivity contribution in [1.29, 1.82) is 10.5 Å². The van der Waals surface area contributed by atoms with Gasteiger partial charge in [-0.05, 0) is 0 Å². The second kappa shape index (κ2) is 3.63. The van der Waals surface area contributed by atoms with Gasteiger partial charge >= 0.3 is 0 Å². The van der Waals surface area contributed by atoms with Gasteiger partial charge in [0, 0.05) is 0 Å². The largest absolute Gasteiger partial charge is 0.265 e. The maximum atomic E-state index is 8.13. The fourth-order valence-corrected chi connectivity index (χ4v) is 0.511. The van der Waals surface area contributed by atoms with E-state index >= 15 is 0 Å². The summed E-state index contributed by atoms with van der Waals surface area (Å²) >= 11 is 0. The molecular weight excluding hydrogens is 160 g/mol. The number of hydrogen-bond donors (Lipinski definition) is 4. The van der Waals surface area contributed by atoms with Crippen LogP contribution in [0.5, 0.6) is 0 Å². The van der Waals surface area contributed by atoms with E-state index in [1.807, 2.05) is 0 Å². The van der Waals surface area contributed by atoms with Crippen LogP contribution in [-0.4, -0.2) is 11.9 Å². The molecule has 8 nitrogen and oxygen atoms in total. The van der Waals surface area contributed by atoms with Crippen LogP contribution in [0.15, 0.2) is 9.98 Å². The second-order valence-electron chi connectivity index (χ2n) is 1.62. The molecule has 0 aromatic rings. The van der Waals surface area contributed by atoms with Crippen molar-refractivity contribution >= 4 is 11.9 Å². The van der Waals surface area contributed by atoms with Crippen LogP contribution >= 0.6 is 0 Å². The van der Waals surface area contributed by atoms with Crippen molar-refractivity contribution in [2.75, 3.05) is 0 Å². The van der Waals surface area contributed by atoms with E-state index < -0.39 is 0 Å². The van der Waals surface area contributed by atoms with Crippen LogP contribution < -0.4 is 21.7 Å². The Bertz CT molecular complexity index is 256. The number of hydrazine groups is 2. The van der Waals surface area contributed by atoms with Gasteiger partial charge in [0.15, 0.2) is 0 Å². The predicted molar refractivity (Wildman–Crippen MR) is 38.6 cm³/mol. The minimum absolute atomic E-state index is 0.203. The van der Waals surface area contributed by atoms with Gasteiger partial charge in [-0.3, -0.25) is 21.7 Å². The highest BCUT2D eigenvalue weighted by Gasteiger charge is 2.07. The molecule has 60 valence electrons. The van der Waals surface area contributed by atoms with Gasteiger partial charge in [0.25, 0.3) is 0 Å². The summed E-state index contributed by atoms with van der Waals surface area (Å²) in [6.45, 7) is 0. The van der Waals surface area contributed by atoms with Gasteiger partial charge in [0.05, 0.1) is 0 Å². The van der Waals surface area contributed by atoms with Crippen molar-refractivity contribution in [2.24, 2.45) is 9.98 Å². The summed E-state index contributed by atoms with van der Waals surface area (Å²) in [5, 5.41) is 16.3. The van der Waals surface area contributed by atoms with E-state index in [4.69, 9.17) is 10.5 Å². The van der Waals surface area contributed by atoms with Crippen molar-refractivity contribution in [3.05, 3.63) is 0 Å². The third-order valence-corrected chi connectivity index (χ3v) is 0.922. The zero-order valence-electron chi connectivity index (χ0n) is 5.79. The van der Waals surface area contributed by atoms with Crippen molar-refractivity contribution in [2.45, 2.75) is 0 Å². The number of guanidine groups is 2.